The maximum Gasteiger partial charge on any atom is 0.119 e. The van der Waals surface area contributed by atoms with Crippen LogP contribution in [0.3, 0.4) is 0 Å². The zero-order valence-corrected chi connectivity index (χ0v) is 11.7. The van der Waals surface area contributed by atoms with Gasteiger partial charge in [-0.1, -0.05) is 6.07 Å². The van der Waals surface area contributed by atoms with Gasteiger partial charge < -0.3 is 14.8 Å². The van der Waals surface area contributed by atoms with Crippen molar-refractivity contribution in [1.29, 1.82) is 0 Å². The minimum atomic E-state index is 0.265. The largest absolute Gasteiger partial charge is 0.497 e. The van der Waals surface area contributed by atoms with E-state index in [1.165, 1.54) is 11.1 Å². The quantitative estimate of drug-likeness (QED) is 0.890. The van der Waals surface area contributed by atoms with Crippen LogP contribution in [-0.2, 0) is 4.74 Å². The number of aryl methyl sites for hydroxylation is 1. The Hall–Kier alpha value is -1.06. The molecule has 1 aliphatic heterocycles. The van der Waals surface area contributed by atoms with E-state index < -0.39 is 0 Å². The SMILES string of the molecule is CNC(c1ccc(OC)cc1C)C1CCC(C)O1. The molecule has 0 aliphatic carbocycles. The smallest absolute Gasteiger partial charge is 0.119 e. The zero-order chi connectivity index (χ0) is 13.1. The molecule has 1 aromatic rings. The fourth-order valence-corrected chi connectivity index (χ4v) is 2.74. The number of ether oxygens (including phenoxy) is 2. The molecule has 3 atom stereocenters. The molecule has 18 heavy (non-hydrogen) atoms. The van der Waals surface area contributed by atoms with Crippen LogP contribution in [0.5, 0.6) is 5.75 Å². The Morgan fingerprint density at radius 2 is 2.17 bits per heavy atom. The maximum absolute atomic E-state index is 5.99. The Morgan fingerprint density at radius 3 is 2.67 bits per heavy atom. The van der Waals surface area contributed by atoms with E-state index in [-0.39, 0.29) is 12.1 Å². The van der Waals surface area contributed by atoms with Gasteiger partial charge in [0.1, 0.15) is 5.75 Å². The summed E-state index contributed by atoms with van der Waals surface area (Å²) in [6, 6.07) is 6.51. The third kappa shape index (κ3) is 2.68. The monoisotopic (exact) mass is 249 g/mol. The first kappa shape index (κ1) is 13.4. The molecular weight excluding hydrogens is 226 g/mol. The molecule has 0 amide bonds. The van der Waals surface area contributed by atoms with Crippen LogP contribution in [0.15, 0.2) is 18.2 Å². The van der Waals surface area contributed by atoms with Crippen molar-refractivity contribution in [2.45, 2.75) is 44.9 Å². The predicted molar refractivity (Wildman–Crippen MR) is 73.1 cm³/mol. The van der Waals surface area contributed by atoms with E-state index in [0.717, 1.165) is 18.6 Å². The lowest BCUT2D eigenvalue weighted by atomic mass is 9.95. The molecule has 3 nitrogen and oxygen atoms in total. The van der Waals surface area contributed by atoms with E-state index >= 15 is 0 Å². The highest BCUT2D eigenvalue weighted by Gasteiger charge is 2.30. The molecule has 1 N–H and O–H groups in total. The van der Waals surface area contributed by atoms with Crippen LogP contribution in [0.4, 0.5) is 0 Å². The highest BCUT2D eigenvalue weighted by atomic mass is 16.5. The van der Waals surface area contributed by atoms with Crippen LogP contribution >= 0.6 is 0 Å². The lowest BCUT2D eigenvalue weighted by Gasteiger charge is -2.25. The van der Waals surface area contributed by atoms with Gasteiger partial charge in [-0.25, -0.2) is 0 Å². The molecule has 0 aromatic heterocycles. The van der Waals surface area contributed by atoms with Gasteiger partial charge in [0.25, 0.3) is 0 Å². The molecular formula is C15H23NO2. The Morgan fingerprint density at radius 1 is 1.39 bits per heavy atom. The molecule has 0 radical (unpaired) electrons. The third-order valence-electron chi connectivity index (χ3n) is 3.76. The minimum absolute atomic E-state index is 0.265. The molecule has 0 saturated carbocycles. The van der Waals surface area contributed by atoms with Crippen molar-refractivity contribution < 1.29 is 9.47 Å². The van der Waals surface area contributed by atoms with Crippen molar-refractivity contribution in [3.63, 3.8) is 0 Å². The molecule has 0 spiro atoms. The van der Waals surface area contributed by atoms with E-state index in [2.05, 4.69) is 31.3 Å². The summed E-state index contributed by atoms with van der Waals surface area (Å²) in [5.74, 6) is 0.909. The van der Waals surface area contributed by atoms with Crippen molar-refractivity contribution in [3.8, 4) is 5.75 Å². The summed E-state index contributed by atoms with van der Waals surface area (Å²) in [4.78, 5) is 0. The summed E-state index contributed by atoms with van der Waals surface area (Å²) >= 11 is 0. The molecule has 3 heteroatoms. The highest BCUT2D eigenvalue weighted by molar-refractivity contribution is 5.37. The standard InChI is InChI=1S/C15H23NO2/c1-10-9-12(17-4)6-7-13(10)15(16-3)14-8-5-11(2)18-14/h6-7,9,11,14-16H,5,8H2,1-4H3. The van der Waals surface area contributed by atoms with Gasteiger partial charge in [0, 0.05) is 0 Å². The summed E-state index contributed by atoms with van der Waals surface area (Å²) in [5.41, 5.74) is 2.55. The highest BCUT2D eigenvalue weighted by Crippen LogP contribution is 2.32. The van der Waals surface area contributed by atoms with Crippen molar-refractivity contribution in [3.05, 3.63) is 29.3 Å². The van der Waals surface area contributed by atoms with Gasteiger partial charge in [0.05, 0.1) is 25.4 Å². The molecule has 0 bridgehead atoms. The van der Waals surface area contributed by atoms with E-state index in [1.54, 1.807) is 7.11 Å². The van der Waals surface area contributed by atoms with Crippen molar-refractivity contribution >= 4 is 0 Å². The van der Waals surface area contributed by atoms with Crippen LogP contribution in [0, 0.1) is 6.92 Å². The van der Waals surface area contributed by atoms with Crippen LogP contribution in [0.2, 0.25) is 0 Å². The average molecular weight is 249 g/mol. The maximum atomic E-state index is 5.99. The molecule has 1 saturated heterocycles. The van der Waals surface area contributed by atoms with E-state index in [9.17, 15) is 0 Å². The predicted octanol–water partition coefficient (Wildman–Crippen LogP) is 2.83. The average Bonchev–Trinajstić information content (AvgIpc) is 2.78. The van der Waals surface area contributed by atoms with Crippen molar-refractivity contribution in [2.75, 3.05) is 14.2 Å². The number of likely N-dealkylation sites (N-methyl/N-ethyl adjacent to an activating group) is 1. The number of hydrogen-bond donors (Lipinski definition) is 1. The van der Waals surface area contributed by atoms with Crippen LogP contribution < -0.4 is 10.1 Å². The third-order valence-corrected chi connectivity index (χ3v) is 3.76. The first-order valence-electron chi connectivity index (χ1n) is 6.63. The summed E-state index contributed by atoms with van der Waals surface area (Å²) in [5, 5.41) is 3.39. The lowest BCUT2D eigenvalue weighted by molar-refractivity contribution is 0.0332. The molecule has 100 valence electrons. The van der Waals surface area contributed by atoms with Gasteiger partial charge in [-0.15, -0.1) is 0 Å². The lowest BCUT2D eigenvalue weighted by Crippen LogP contribution is -2.30. The van der Waals surface area contributed by atoms with Crippen LogP contribution in [-0.4, -0.2) is 26.4 Å². The zero-order valence-electron chi connectivity index (χ0n) is 11.7. The number of rotatable bonds is 4. The van der Waals surface area contributed by atoms with E-state index in [0.29, 0.717) is 6.10 Å². The molecule has 2 rings (SSSR count). The topological polar surface area (TPSA) is 30.5 Å². The van der Waals surface area contributed by atoms with Crippen molar-refractivity contribution in [1.82, 2.24) is 5.32 Å². The first-order chi connectivity index (χ1) is 8.65. The van der Waals surface area contributed by atoms with Gasteiger partial charge in [-0.2, -0.15) is 0 Å². The van der Waals surface area contributed by atoms with Gasteiger partial charge >= 0.3 is 0 Å². The number of hydrogen-bond acceptors (Lipinski definition) is 3. The number of methoxy groups -OCH3 is 1. The summed E-state index contributed by atoms with van der Waals surface area (Å²) in [6.07, 6.45) is 2.93. The summed E-state index contributed by atoms with van der Waals surface area (Å²) in [7, 11) is 3.70. The molecule has 1 heterocycles. The molecule has 1 fully saturated rings. The minimum Gasteiger partial charge on any atom is -0.497 e. The van der Waals surface area contributed by atoms with Gasteiger partial charge in [-0.3, -0.25) is 0 Å². The van der Waals surface area contributed by atoms with Crippen LogP contribution in [0.25, 0.3) is 0 Å². The first-order valence-corrected chi connectivity index (χ1v) is 6.63. The second-order valence-electron chi connectivity index (χ2n) is 5.05. The fourth-order valence-electron chi connectivity index (χ4n) is 2.74. The van der Waals surface area contributed by atoms with E-state index in [1.807, 2.05) is 13.1 Å². The second kappa shape index (κ2) is 5.72. The van der Waals surface area contributed by atoms with Crippen molar-refractivity contribution in [2.24, 2.45) is 0 Å². The summed E-state index contributed by atoms with van der Waals surface area (Å²) in [6.45, 7) is 4.27. The molecule has 1 aromatic carbocycles. The van der Waals surface area contributed by atoms with Gasteiger partial charge in [0.15, 0.2) is 0 Å². The van der Waals surface area contributed by atoms with Gasteiger partial charge in [-0.05, 0) is 57.0 Å². The molecule has 3 unspecified atom stereocenters. The Labute approximate surface area is 109 Å². The fraction of sp³-hybridized carbons (Fsp3) is 0.600. The number of nitrogens with one attached hydrogen (secondary N) is 1. The van der Waals surface area contributed by atoms with Gasteiger partial charge in [0.2, 0.25) is 0 Å². The Balaban J connectivity index is 2.22. The van der Waals surface area contributed by atoms with E-state index in [4.69, 9.17) is 9.47 Å². The Kier molecular flexibility index (Phi) is 4.25. The Bertz CT molecular complexity index is 405. The normalized spacial score (nSPS) is 25.1. The summed E-state index contributed by atoms with van der Waals surface area (Å²) < 4.78 is 11.2. The number of benzene rings is 1. The molecule has 1 aliphatic rings. The second-order valence-corrected chi connectivity index (χ2v) is 5.05. The van der Waals surface area contributed by atoms with Crippen LogP contribution in [0.1, 0.15) is 36.9 Å².